The van der Waals surface area contributed by atoms with E-state index in [0.717, 1.165) is 12.1 Å². The number of hydrogen-bond donors (Lipinski definition) is 2. The fraction of sp³-hybridized carbons (Fsp3) is 0.130. The maximum Gasteiger partial charge on any atom is 0.417 e. The number of amides is 2. The lowest BCUT2D eigenvalue weighted by atomic mass is 9.84. The smallest absolute Gasteiger partial charge is 0.368 e. The molecule has 0 aliphatic rings. The SMILES string of the molecule is NC(=O)[C@H](NC(=O)c1ccccc1C(F)(F)F)C(c1ccccc1)c1ccccc1. The van der Waals surface area contributed by atoms with Crippen molar-refractivity contribution < 1.29 is 22.8 Å². The Morgan fingerprint density at radius 2 is 1.23 bits per heavy atom. The van der Waals surface area contributed by atoms with E-state index in [9.17, 15) is 22.8 Å². The van der Waals surface area contributed by atoms with Crippen molar-refractivity contribution in [1.29, 1.82) is 0 Å². The highest BCUT2D eigenvalue weighted by molar-refractivity contribution is 5.99. The van der Waals surface area contributed by atoms with Gasteiger partial charge in [-0.3, -0.25) is 9.59 Å². The monoisotopic (exact) mass is 412 g/mol. The van der Waals surface area contributed by atoms with E-state index in [1.54, 1.807) is 60.7 Å². The molecule has 3 aromatic carbocycles. The maximum atomic E-state index is 13.3. The van der Waals surface area contributed by atoms with Crippen LogP contribution >= 0.6 is 0 Å². The van der Waals surface area contributed by atoms with E-state index in [0.29, 0.717) is 11.1 Å². The molecule has 0 aliphatic carbocycles. The third kappa shape index (κ3) is 4.68. The molecule has 0 aliphatic heterocycles. The van der Waals surface area contributed by atoms with E-state index in [-0.39, 0.29) is 0 Å². The molecule has 2 amide bonds. The van der Waals surface area contributed by atoms with Crippen molar-refractivity contribution in [3.8, 4) is 0 Å². The minimum absolute atomic E-state index is 0.573. The lowest BCUT2D eigenvalue weighted by Gasteiger charge is -2.27. The standard InChI is InChI=1S/C23H19F3N2O2/c24-23(25,26)18-14-8-7-13-17(18)22(30)28-20(21(27)29)19(15-9-3-1-4-10-15)16-11-5-2-6-12-16/h1-14,19-20H,(H2,27,29)(H,28,30)/t20-/m1/s1. The van der Waals surface area contributed by atoms with Crippen LogP contribution < -0.4 is 11.1 Å². The zero-order chi connectivity index (χ0) is 21.7. The highest BCUT2D eigenvalue weighted by atomic mass is 19.4. The Bertz CT molecular complexity index is 982. The Morgan fingerprint density at radius 3 is 1.70 bits per heavy atom. The Balaban J connectivity index is 2.02. The van der Waals surface area contributed by atoms with E-state index in [2.05, 4.69) is 5.32 Å². The van der Waals surface area contributed by atoms with Crippen molar-refractivity contribution in [1.82, 2.24) is 5.32 Å². The molecule has 30 heavy (non-hydrogen) atoms. The predicted octanol–water partition coefficient (Wildman–Crippen LogP) is 4.12. The van der Waals surface area contributed by atoms with Gasteiger partial charge in [-0.1, -0.05) is 72.8 Å². The van der Waals surface area contributed by atoms with Crippen LogP contribution in [0.5, 0.6) is 0 Å². The van der Waals surface area contributed by atoms with E-state index in [1.807, 2.05) is 0 Å². The van der Waals surface area contributed by atoms with Crippen molar-refractivity contribution in [3.63, 3.8) is 0 Å². The van der Waals surface area contributed by atoms with Gasteiger partial charge in [0.2, 0.25) is 5.91 Å². The maximum absolute atomic E-state index is 13.3. The minimum atomic E-state index is -4.71. The van der Waals surface area contributed by atoms with Crippen molar-refractivity contribution in [2.75, 3.05) is 0 Å². The number of nitrogens with two attached hydrogens (primary N) is 1. The molecule has 0 unspecified atom stereocenters. The van der Waals surface area contributed by atoms with Gasteiger partial charge in [0.05, 0.1) is 11.1 Å². The summed E-state index contributed by atoms with van der Waals surface area (Å²) in [5.74, 6) is -2.55. The summed E-state index contributed by atoms with van der Waals surface area (Å²) in [5.41, 5.74) is 5.31. The molecule has 3 aromatic rings. The summed E-state index contributed by atoms with van der Waals surface area (Å²) in [7, 11) is 0. The first-order chi connectivity index (χ1) is 14.3. The van der Waals surface area contributed by atoms with Gasteiger partial charge in [0.15, 0.2) is 0 Å². The Morgan fingerprint density at radius 1 is 0.767 bits per heavy atom. The first-order valence-electron chi connectivity index (χ1n) is 9.15. The number of primary amides is 1. The molecule has 1 atom stereocenters. The first-order valence-corrected chi connectivity index (χ1v) is 9.15. The summed E-state index contributed by atoms with van der Waals surface area (Å²) < 4.78 is 40.0. The Labute approximate surface area is 171 Å². The van der Waals surface area contributed by atoms with Gasteiger partial charge in [0.25, 0.3) is 5.91 Å². The van der Waals surface area contributed by atoms with Crippen molar-refractivity contribution >= 4 is 11.8 Å². The Kier molecular flexibility index (Phi) is 6.20. The van der Waals surface area contributed by atoms with Crippen LogP contribution in [0.15, 0.2) is 84.9 Å². The van der Waals surface area contributed by atoms with E-state index >= 15 is 0 Å². The fourth-order valence-electron chi connectivity index (χ4n) is 3.36. The number of halogens is 3. The molecular weight excluding hydrogens is 393 g/mol. The fourth-order valence-corrected chi connectivity index (χ4v) is 3.36. The molecule has 0 fully saturated rings. The first kappa shape index (κ1) is 21.1. The number of carbonyl (C=O) groups is 2. The van der Waals surface area contributed by atoms with Crippen LogP contribution in [0.1, 0.15) is 33.0 Å². The van der Waals surface area contributed by atoms with E-state index in [1.165, 1.54) is 12.1 Å². The van der Waals surface area contributed by atoms with Gasteiger partial charge in [0.1, 0.15) is 6.04 Å². The van der Waals surface area contributed by atoms with Gasteiger partial charge in [-0.25, -0.2) is 0 Å². The second-order valence-corrected chi connectivity index (χ2v) is 6.70. The molecule has 0 saturated carbocycles. The third-order valence-corrected chi connectivity index (χ3v) is 4.72. The summed E-state index contributed by atoms with van der Waals surface area (Å²) >= 11 is 0. The zero-order valence-electron chi connectivity index (χ0n) is 15.8. The number of hydrogen-bond acceptors (Lipinski definition) is 2. The van der Waals surface area contributed by atoms with Crippen molar-refractivity contribution in [2.24, 2.45) is 5.73 Å². The summed E-state index contributed by atoms with van der Waals surface area (Å²) in [5, 5.41) is 2.43. The number of benzene rings is 3. The van der Waals surface area contributed by atoms with Crippen LogP contribution in [-0.4, -0.2) is 17.9 Å². The largest absolute Gasteiger partial charge is 0.417 e. The molecule has 0 aromatic heterocycles. The molecule has 0 radical (unpaired) electrons. The van der Waals surface area contributed by atoms with Crippen molar-refractivity contribution in [3.05, 3.63) is 107 Å². The number of nitrogens with one attached hydrogen (secondary N) is 1. The molecule has 0 heterocycles. The van der Waals surface area contributed by atoms with Crippen LogP contribution in [-0.2, 0) is 11.0 Å². The summed E-state index contributed by atoms with van der Waals surface area (Å²) in [6.07, 6.45) is -4.71. The van der Waals surface area contributed by atoms with E-state index in [4.69, 9.17) is 5.73 Å². The third-order valence-electron chi connectivity index (χ3n) is 4.72. The highest BCUT2D eigenvalue weighted by Gasteiger charge is 2.37. The van der Waals surface area contributed by atoms with Crippen LogP contribution in [0.25, 0.3) is 0 Å². The molecule has 3 rings (SSSR count). The highest BCUT2D eigenvalue weighted by Crippen LogP contribution is 2.33. The summed E-state index contributed by atoms with van der Waals surface area (Å²) in [6.45, 7) is 0. The van der Waals surface area contributed by atoms with Gasteiger partial charge in [-0.05, 0) is 23.3 Å². The molecule has 7 heteroatoms. The summed E-state index contributed by atoms with van der Waals surface area (Å²) in [4.78, 5) is 25.1. The second kappa shape index (κ2) is 8.82. The molecular formula is C23H19F3N2O2. The summed E-state index contributed by atoms with van der Waals surface area (Å²) in [6, 6.07) is 20.9. The zero-order valence-corrected chi connectivity index (χ0v) is 15.8. The molecule has 3 N–H and O–H groups in total. The van der Waals surface area contributed by atoms with E-state index < -0.39 is 41.1 Å². The van der Waals surface area contributed by atoms with Gasteiger partial charge in [0, 0.05) is 5.92 Å². The Hall–Kier alpha value is -3.61. The quantitative estimate of drug-likeness (QED) is 0.639. The van der Waals surface area contributed by atoms with Crippen LogP contribution in [0.2, 0.25) is 0 Å². The normalized spacial score (nSPS) is 12.4. The lowest BCUT2D eigenvalue weighted by Crippen LogP contribution is -2.48. The average molecular weight is 412 g/mol. The molecule has 0 spiro atoms. The predicted molar refractivity (Wildman–Crippen MR) is 107 cm³/mol. The molecule has 0 saturated heterocycles. The average Bonchev–Trinajstić information content (AvgIpc) is 2.74. The molecule has 154 valence electrons. The van der Waals surface area contributed by atoms with Crippen LogP contribution in [0.4, 0.5) is 13.2 Å². The van der Waals surface area contributed by atoms with Gasteiger partial charge in [-0.15, -0.1) is 0 Å². The minimum Gasteiger partial charge on any atom is -0.368 e. The lowest BCUT2D eigenvalue weighted by molar-refractivity contribution is -0.137. The number of alkyl halides is 3. The van der Waals surface area contributed by atoms with Crippen LogP contribution in [0, 0.1) is 0 Å². The molecule has 0 bridgehead atoms. The van der Waals surface area contributed by atoms with Gasteiger partial charge >= 0.3 is 6.18 Å². The number of carbonyl (C=O) groups excluding carboxylic acids is 2. The van der Waals surface area contributed by atoms with Crippen molar-refractivity contribution in [2.45, 2.75) is 18.1 Å². The topological polar surface area (TPSA) is 72.2 Å². The number of rotatable bonds is 6. The second-order valence-electron chi connectivity index (χ2n) is 6.70. The van der Waals surface area contributed by atoms with Gasteiger partial charge < -0.3 is 11.1 Å². The molecule has 4 nitrogen and oxygen atoms in total. The van der Waals surface area contributed by atoms with Crippen LogP contribution in [0.3, 0.4) is 0 Å². The van der Waals surface area contributed by atoms with Gasteiger partial charge in [-0.2, -0.15) is 13.2 Å².